The Morgan fingerprint density at radius 1 is 0.767 bits per heavy atom. The molecule has 6 fully saturated rings. The van der Waals surface area contributed by atoms with Gasteiger partial charge in [0.25, 0.3) is 0 Å². The Kier molecular flexibility index (Phi) is 5.88. The lowest BCUT2D eigenvalue weighted by atomic mass is 9.31. The minimum atomic E-state index is -0.334. The van der Waals surface area contributed by atoms with Crippen LogP contribution in [0.5, 0.6) is 0 Å². The molecular formula is C41H54O2. The lowest BCUT2D eigenvalue weighted by Gasteiger charge is -2.73. The van der Waals surface area contributed by atoms with Crippen molar-refractivity contribution in [2.75, 3.05) is 6.61 Å². The molecule has 0 radical (unpaired) electrons. The normalized spacial score (nSPS) is 47.0. The van der Waals surface area contributed by atoms with Crippen molar-refractivity contribution in [2.24, 2.45) is 56.2 Å². The molecule has 9 atom stereocenters. The van der Waals surface area contributed by atoms with Crippen molar-refractivity contribution in [3.63, 3.8) is 0 Å². The van der Waals surface area contributed by atoms with Crippen LogP contribution in [-0.2, 0) is 9.53 Å². The zero-order chi connectivity index (χ0) is 30.2. The molecule has 0 aromatic heterocycles. The smallest absolute Gasteiger partial charge is 0.164 e. The SMILES string of the molecule is CC1(C)CCC23CCC4(C)C(CCC5C6(C)CC(=Cc7cccc8ccccc78)C(=O)C(C)(C)C6CCC54C)C2C1OC3. The molecule has 8 rings (SSSR count). The first-order valence-electron chi connectivity index (χ1n) is 17.6. The van der Waals surface area contributed by atoms with Gasteiger partial charge in [-0.15, -0.1) is 0 Å². The molecule has 2 aromatic rings. The minimum Gasteiger partial charge on any atom is -0.377 e. The summed E-state index contributed by atoms with van der Waals surface area (Å²) in [6.45, 7) is 18.6. The lowest BCUT2D eigenvalue weighted by molar-refractivity contribution is -0.236. The van der Waals surface area contributed by atoms with Gasteiger partial charge in [-0.3, -0.25) is 4.79 Å². The van der Waals surface area contributed by atoms with Gasteiger partial charge in [0.15, 0.2) is 5.78 Å². The molecule has 2 aromatic carbocycles. The fourth-order valence-electron chi connectivity index (χ4n) is 13.5. The summed E-state index contributed by atoms with van der Waals surface area (Å²) in [5.74, 6) is 2.97. The highest BCUT2D eigenvalue weighted by atomic mass is 16.5. The molecule has 1 aliphatic heterocycles. The fraction of sp³-hybridized carbons (Fsp3) is 0.683. The molecular weight excluding hydrogens is 524 g/mol. The van der Waals surface area contributed by atoms with Gasteiger partial charge >= 0.3 is 0 Å². The summed E-state index contributed by atoms with van der Waals surface area (Å²) in [5.41, 5.74) is 3.42. The van der Waals surface area contributed by atoms with Crippen LogP contribution < -0.4 is 0 Å². The lowest BCUT2D eigenvalue weighted by Crippen LogP contribution is -2.67. The van der Waals surface area contributed by atoms with Crippen LogP contribution >= 0.6 is 0 Å². The van der Waals surface area contributed by atoms with Crippen molar-refractivity contribution in [1.82, 2.24) is 0 Å². The van der Waals surface area contributed by atoms with Crippen LogP contribution in [0.15, 0.2) is 48.0 Å². The van der Waals surface area contributed by atoms with Crippen LogP contribution in [0.2, 0.25) is 0 Å². The molecule has 2 nitrogen and oxygen atoms in total. The molecule has 43 heavy (non-hydrogen) atoms. The van der Waals surface area contributed by atoms with E-state index in [0.29, 0.717) is 45.4 Å². The number of Topliss-reactive ketones (excluding diaryl/α,β-unsaturated/α-hetero) is 1. The van der Waals surface area contributed by atoms with Crippen molar-refractivity contribution >= 4 is 22.6 Å². The quantitative estimate of drug-likeness (QED) is 0.315. The van der Waals surface area contributed by atoms with Gasteiger partial charge in [0.1, 0.15) is 0 Å². The van der Waals surface area contributed by atoms with Gasteiger partial charge in [0.2, 0.25) is 0 Å². The number of hydrogen-bond acceptors (Lipinski definition) is 2. The maximum atomic E-state index is 14.3. The first-order chi connectivity index (χ1) is 20.3. The molecule has 0 amide bonds. The van der Waals surface area contributed by atoms with E-state index in [4.69, 9.17) is 4.74 Å². The van der Waals surface area contributed by atoms with Gasteiger partial charge in [-0.1, -0.05) is 90.9 Å². The van der Waals surface area contributed by atoms with Crippen LogP contribution in [0.4, 0.5) is 0 Å². The molecule has 1 heterocycles. The average molecular weight is 579 g/mol. The molecule has 5 aliphatic carbocycles. The Morgan fingerprint density at radius 3 is 2.33 bits per heavy atom. The number of carbonyl (C=O) groups is 1. The molecule has 1 saturated heterocycles. The summed E-state index contributed by atoms with van der Waals surface area (Å²) in [4.78, 5) is 14.3. The standard InChI is InChI=1S/C41H54O2/c1-36(2)19-21-41-22-20-39(6)30(33(41)35(36)43-25-41)15-16-32-38(5)24-28(23-27-13-10-12-26-11-8-9-14-29(26)27)34(42)37(3,4)31(38)17-18-40(32,39)7/h8-14,23,30-33,35H,15-22,24-25H2,1-7H3. The predicted octanol–water partition coefficient (Wildman–Crippen LogP) is 10.3. The second kappa shape index (κ2) is 8.86. The molecule has 2 heteroatoms. The first-order valence-corrected chi connectivity index (χ1v) is 17.6. The van der Waals surface area contributed by atoms with Gasteiger partial charge in [-0.2, -0.15) is 0 Å². The number of hydrogen-bond donors (Lipinski definition) is 0. The van der Waals surface area contributed by atoms with E-state index < -0.39 is 0 Å². The summed E-state index contributed by atoms with van der Waals surface area (Å²) in [6.07, 6.45) is 14.2. The maximum absolute atomic E-state index is 14.3. The van der Waals surface area contributed by atoms with Crippen LogP contribution in [-0.4, -0.2) is 18.5 Å². The summed E-state index contributed by atoms with van der Waals surface area (Å²) >= 11 is 0. The van der Waals surface area contributed by atoms with E-state index in [1.165, 1.54) is 67.7 Å². The summed E-state index contributed by atoms with van der Waals surface area (Å²) in [6, 6.07) is 15.2. The molecule has 0 N–H and O–H groups in total. The van der Waals surface area contributed by atoms with E-state index >= 15 is 0 Å². The number of allylic oxidation sites excluding steroid dienone is 1. The fourth-order valence-corrected chi connectivity index (χ4v) is 13.5. The minimum absolute atomic E-state index is 0.130. The summed E-state index contributed by atoms with van der Waals surface area (Å²) in [7, 11) is 0. The number of carbonyl (C=O) groups excluding carboxylic acids is 1. The van der Waals surface area contributed by atoms with Crippen molar-refractivity contribution in [3.8, 4) is 0 Å². The van der Waals surface area contributed by atoms with E-state index in [-0.39, 0.29) is 10.8 Å². The van der Waals surface area contributed by atoms with Crippen molar-refractivity contribution in [3.05, 3.63) is 53.6 Å². The van der Waals surface area contributed by atoms with Crippen LogP contribution in [0, 0.1) is 56.2 Å². The monoisotopic (exact) mass is 578 g/mol. The molecule has 5 saturated carbocycles. The molecule has 230 valence electrons. The highest BCUT2D eigenvalue weighted by Gasteiger charge is 2.73. The zero-order valence-corrected chi connectivity index (χ0v) is 27.9. The topological polar surface area (TPSA) is 26.3 Å². The third kappa shape index (κ3) is 3.54. The third-order valence-corrected chi connectivity index (χ3v) is 15.9. The van der Waals surface area contributed by atoms with E-state index in [1.54, 1.807) is 0 Å². The Labute approximate surface area is 260 Å². The Balaban J connectivity index is 1.20. The van der Waals surface area contributed by atoms with E-state index in [0.717, 1.165) is 30.4 Å². The van der Waals surface area contributed by atoms with Gasteiger partial charge in [-0.05, 0) is 137 Å². The summed E-state index contributed by atoms with van der Waals surface area (Å²) in [5, 5.41) is 2.50. The van der Waals surface area contributed by atoms with Crippen molar-refractivity contribution in [2.45, 2.75) is 112 Å². The molecule has 6 aliphatic rings. The van der Waals surface area contributed by atoms with Gasteiger partial charge in [-0.25, -0.2) is 0 Å². The largest absolute Gasteiger partial charge is 0.377 e. The number of fused-ring (bicyclic) bond motifs is 6. The average Bonchev–Trinajstić information content (AvgIpc) is 3.30. The van der Waals surface area contributed by atoms with E-state index in [2.05, 4.69) is 97.0 Å². The first kappa shape index (κ1) is 28.5. The maximum Gasteiger partial charge on any atom is 0.164 e. The van der Waals surface area contributed by atoms with E-state index in [1.807, 2.05) is 0 Å². The van der Waals surface area contributed by atoms with Crippen molar-refractivity contribution in [1.29, 1.82) is 0 Å². The second-order valence-corrected chi connectivity index (χ2v) is 18.2. The zero-order valence-electron chi connectivity index (χ0n) is 27.9. The van der Waals surface area contributed by atoms with Crippen molar-refractivity contribution < 1.29 is 9.53 Å². The Bertz CT molecular complexity index is 1520. The molecule has 9 unspecified atom stereocenters. The Hall–Kier alpha value is -1.93. The third-order valence-electron chi connectivity index (χ3n) is 15.9. The number of ether oxygens (including phenoxy) is 1. The second-order valence-electron chi connectivity index (χ2n) is 18.2. The van der Waals surface area contributed by atoms with Crippen LogP contribution in [0.3, 0.4) is 0 Å². The summed E-state index contributed by atoms with van der Waals surface area (Å²) < 4.78 is 6.79. The van der Waals surface area contributed by atoms with E-state index in [9.17, 15) is 4.79 Å². The highest BCUT2D eigenvalue weighted by Crippen LogP contribution is 2.78. The number of ketones is 1. The highest BCUT2D eigenvalue weighted by molar-refractivity contribution is 6.06. The van der Waals surface area contributed by atoms with Crippen LogP contribution in [0.1, 0.15) is 112 Å². The van der Waals surface area contributed by atoms with Gasteiger partial charge in [0, 0.05) is 5.41 Å². The molecule has 2 bridgehead atoms. The van der Waals surface area contributed by atoms with Crippen LogP contribution in [0.25, 0.3) is 16.8 Å². The Morgan fingerprint density at radius 2 is 1.51 bits per heavy atom. The molecule has 0 spiro atoms. The number of benzene rings is 2. The number of rotatable bonds is 1. The predicted molar refractivity (Wildman–Crippen MR) is 177 cm³/mol. The van der Waals surface area contributed by atoms with Gasteiger partial charge < -0.3 is 4.74 Å². The van der Waals surface area contributed by atoms with Gasteiger partial charge in [0.05, 0.1) is 12.7 Å².